The summed E-state index contributed by atoms with van der Waals surface area (Å²) >= 11 is 0. The van der Waals surface area contributed by atoms with Gasteiger partial charge in [-0.05, 0) is 81.7 Å². The largest absolute Gasteiger partial charge is 0.458 e. The van der Waals surface area contributed by atoms with E-state index in [1.54, 1.807) is 0 Å². The Balaban J connectivity index is 1.07. The van der Waals surface area contributed by atoms with Crippen LogP contribution < -0.4 is 30.6 Å². The van der Waals surface area contributed by atoms with Gasteiger partial charge in [0.25, 0.3) is 6.71 Å². The van der Waals surface area contributed by atoms with E-state index in [1.807, 2.05) is 48.5 Å². The van der Waals surface area contributed by atoms with Gasteiger partial charge in [-0.2, -0.15) is 0 Å². The van der Waals surface area contributed by atoms with Crippen molar-refractivity contribution >= 4 is 44.9 Å². The lowest BCUT2D eigenvalue weighted by Crippen LogP contribution is -2.57. The lowest BCUT2D eigenvalue weighted by atomic mass is 9.35. The Morgan fingerprint density at radius 3 is 1.47 bits per heavy atom. The minimum Gasteiger partial charge on any atom is -0.458 e. The second kappa shape index (κ2) is 11.8. The van der Waals surface area contributed by atoms with E-state index in [2.05, 4.69) is 138 Å². The van der Waals surface area contributed by atoms with Crippen LogP contribution in [0, 0.1) is 0 Å². The molecule has 2 aliphatic heterocycles. The van der Waals surface area contributed by atoms with E-state index < -0.39 is 0 Å². The lowest BCUT2D eigenvalue weighted by Gasteiger charge is -2.33. The van der Waals surface area contributed by atoms with Crippen LogP contribution in [-0.4, -0.2) is 11.3 Å². The van der Waals surface area contributed by atoms with Crippen molar-refractivity contribution in [3.63, 3.8) is 0 Å². The Labute approximate surface area is 307 Å². The first-order valence-electron chi connectivity index (χ1n) is 17.9. The van der Waals surface area contributed by atoms with Crippen molar-refractivity contribution < 1.29 is 14.2 Å². The van der Waals surface area contributed by atoms with E-state index in [-0.39, 0.29) is 6.71 Å². The smallest absolute Gasteiger partial charge is 0.260 e. The summed E-state index contributed by atoms with van der Waals surface area (Å²) in [4.78, 5) is 0. The maximum Gasteiger partial charge on any atom is 0.260 e. The molecule has 0 N–H and O–H groups in total. The first kappa shape index (κ1) is 29.7. The van der Waals surface area contributed by atoms with Crippen LogP contribution in [-0.2, 0) is 0 Å². The molecular weight excluding hydrogens is 649 g/mol. The average Bonchev–Trinajstić information content (AvgIpc) is 3.54. The maximum atomic E-state index is 6.88. The molecule has 5 heteroatoms. The van der Waals surface area contributed by atoms with Crippen LogP contribution in [0.5, 0.6) is 34.5 Å². The van der Waals surface area contributed by atoms with Crippen molar-refractivity contribution in [3.05, 3.63) is 182 Å². The summed E-state index contributed by atoms with van der Waals surface area (Å²) in [5.74, 6) is 4.54. The quantitative estimate of drug-likeness (QED) is 0.170. The maximum absolute atomic E-state index is 6.88. The molecule has 0 fully saturated rings. The van der Waals surface area contributed by atoms with E-state index in [1.165, 1.54) is 33.0 Å². The SMILES string of the molecule is c1ccc(-c2ccc3c(c2)c2cc(-c4ccccc4)ccc2n3-c2ccccc2Oc2cc3c4c(c2)Oc2ccccc2B4c2ccccc2O3)cc1. The van der Waals surface area contributed by atoms with Gasteiger partial charge < -0.3 is 18.8 Å². The summed E-state index contributed by atoms with van der Waals surface area (Å²) in [7, 11) is 0. The number of benzene rings is 8. The molecule has 1 aromatic heterocycles. The third kappa shape index (κ3) is 4.78. The molecule has 3 heterocycles. The number of fused-ring (bicyclic) bond motifs is 7. The van der Waals surface area contributed by atoms with E-state index in [4.69, 9.17) is 14.2 Å². The second-order valence-electron chi connectivity index (χ2n) is 13.6. The molecule has 11 rings (SSSR count). The van der Waals surface area contributed by atoms with Crippen LogP contribution in [0.25, 0.3) is 49.7 Å². The molecule has 0 atom stereocenters. The van der Waals surface area contributed by atoms with Crippen LogP contribution in [0.3, 0.4) is 0 Å². The Morgan fingerprint density at radius 1 is 0.415 bits per heavy atom. The third-order valence-electron chi connectivity index (χ3n) is 10.6. The first-order valence-corrected chi connectivity index (χ1v) is 17.9. The molecule has 9 aromatic rings. The number of nitrogens with zero attached hydrogens (tertiary/aromatic N) is 1. The fourth-order valence-corrected chi connectivity index (χ4v) is 8.19. The molecule has 0 saturated carbocycles. The zero-order valence-electron chi connectivity index (χ0n) is 28.6. The highest BCUT2D eigenvalue weighted by molar-refractivity contribution is 6.98. The monoisotopic (exact) mass is 679 g/mol. The minimum absolute atomic E-state index is 0.00962. The lowest BCUT2D eigenvalue weighted by molar-refractivity contribution is 0.442. The molecule has 0 unspecified atom stereocenters. The molecule has 8 aromatic carbocycles. The third-order valence-corrected chi connectivity index (χ3v) is 10.6. The normalized spacial score (nSPS) is 12.4. The molecule has 0 spiro atoms. The Bertz CT molecular complexity index is 2710. The van der Waals surface area contributed by atoms with Crippen LogP contribution in [0.4, 0.5) is 0 Å². The highest BCUT2D eigenvalue weighted by atomic mass is 16.5. The summed E-state index contributed by atoms with van der Waals surface area (Å²) in [5.41, 5.74) is 11.2. The van der Waals surface area contributed by atoms with E-state index in [9.17, 15) is 0 Å². The minimum atomic E-state index is 0.00962. The molecule has 0 aliphatic carbocycles. The number of para-hydroxylation sites is 4. The molecule has 53 heavy (non-hydrogen) atoms. The summed E-state index contributed by atoms with van der Waals surface area (Å²) in [5, 5.41) is 2.36. The van der Waals surface area contributed by atoms with Gasteiger partial charge in [0.05, 0.1) is 16.7 Å². The Kier molecular flexibility index (Phi) is 6.61. The van der Waals surface area contributed by atoms with Gasteiger partial charge in [-0.25, -0.2) is 0 Å². The van der Waals surface area contributed by atoms with Crippen LogP contribution in [0.1, 0.15) is 0 Å². The molecule has 0 amide bonds. The van der Waals surface area contributed by atoms with Crippen LogP contribution in [0.2, 0.25) is 0 Å². The molecule has 4 nitrogen and oxygen atoms in total. The zero-order chi connectivity index (χ0) is 34.9. The van der Waals surface area contributed by atoms with E-state index in [0.29, 0.717) is 5.75 Å². The number of ether oxygens (including phenoxy) is 3. The van der Waals surface area contributed by atoms with Gasteiger partial charge in [0.2, 0.25) is 0 Å². The number of hydrogen-bond acceptors (Lipinski definition) is 3. The molecule has 0 saturated heterocycles. The van der Waals surface area contributed by atoms with Crippen molar-refractivity contribution in [3.8, 4) is 62.4 Å². The highest BCUT2D eigenvalue weighted by Crippen LogP contribution is 2.42. The van der Waals surface area contributed by atoms with Crippen molar-refractivity contribution in [2.45, 2.75) is 0 Å². The molecule has 2 aliphatic rings. The summed E-state index contributed by atoms with van der Waals surface area (Å²) in [6.07, 6.45) is 0. The molecule has 248 valence electrons. The molecule has 0 bridgehead atoms. The number of aromatic nitrogens is 1. The van der Waals surface area contributed by atoms with Gasteiger partial charge in [-0.15, -0.1) is 0 Å². The van der Waals surface area contributed by atoms with Gasteiger partial charge in [-0.3, -0.25) is 0 Å². The van der Waals surface area contributed by atoms with Crippen molar-refractivity contribution in [1.82, 2.24) is 4.57 Å². The predicted octanol–water partition coefficient (Wildman–Crippen LogP) is 10.6. The van der Waals surface area contributed by atoms with Crippen molar-refractivity contribution in [2.24, 2.45) is 0 Å². The summed E-state index contributed by atoms with van der Waals surface area (Å²) in [6.45, 7) is 0.00962. The van der Waals surface area contributed by atoms with Crippen molar-refractivity contribution in [1.29, 1.82) is 0 Å². The number of hydrogen-bond donors (Lipinski definition) is 0. The summed E-state index contributed by atoms with van der Waals surface area (Å²) in [6, 6.07) is 63.4. The molecular formula is C48H30BNO3. The van der Waals surface area contributed by atoms with Crippen LogP contribution >= 0.6 is 0 Å². The van der Waals surface area contributed by atoms with E-state index >= 15 is 0 Å². The first-order chi connectivity index (χ1) is 26.3. The predicted molar refractivity (Wildman–Crippen MR) is 216 cm³/mol. The molecule has 0 radical (unpaired) electrons. The summed E-state index contributed by atoms with van der Waals surface area (Å²) < 4.78 is 22.3. The fourth-order valence-electron chi connectivity index (χ4n) is 8.19. The second-order valence-corrected chi connectivity index (χ2v) is 13.6. The topological polar surface area (TPSA) is 32.6 Å². The highest BCUT2D eigenvalue weighted by Gasteiger charge is 2.40. The van der Waals surface area contributed by atoms with E-state index in [0.717, 1.165) is 61.9 Å². The standard InChI is InChI=1S/C48H30BNO3/c1-3-13-31(14-4-1)33-23-25-40-36(27-33)37-28-34(32-15-5-2-6-16-32)24-26-41(37)50(40)42-19-9-12-22-45(42)51-35-29-46-48-47(30-35)53-44-21-11-8-18-39(44)49(48)38-17-7-10-20-43(38)52-46/h1-30H. The Hall–Kier alpha value is -6.98. The van der Waals surface area contributed by atoms with Crippen LogP contribution in [0.15, 0.2) is 182 Å². The van der Waals surface area contributed by atoms with Gasteiger partial charge in [0.15, 0.2) is 5.75 Å². The Morgan fingerprint density at radius 2 is 0.906 bits per heavy atom. The van der Waals surface area contributed by atoms with Gasteiger partial charge >= 0.3 is 0 Å². The van der Waals surface area contributed by atoms with Gasteiger partial charge in [0.1, 0.15) is 28.7 Å². The number of rotatable bonds is 5. The fraction of sp³-hybridized carbons (Fsp3) is 0. The van der Waals surface area contributed by atoms with Gasteiger partial charge in [0, 0.05) is 28.4 Å². The van der Waals surface area contributed by atoms with Crippen molar-refractivity contribution in [2.75, 3.05) is 0 Å². The van der Waals surface area contributed by atoms with Gasteiger partial charge in [-0.1, -0.05) is 121 Å². The average molecular weight is 680 g/mol. The zero-order valence-corrected chi connectivity index (χ0v) is 28.6.